The van der Waals surface area contributed by atoms with E-state index in [1.165, 1.54) is 0 Å². The van der Waals surface area contributed by atoms with Gasteiger partial charge in [-0.25, -0.2) is 0 Å². The summed E-state index contributed by atoms with van der Waals surface area (Å²) in [5.41, 5.74) is 0. The standard InChI is InChI=1S/C11H23N3O2/c1-4-12-9(3)8-11(16)14-7-6-10(15)13-5-2/h9,12H,4-8H2,1-3H3,(H,13,15)(H,14,16). The lowest BCUT2D eigenvalue weighted by Crippen LogP contribution is -2.35. The lowest BCUT2D eigenvalue weighted by atomic mass is 10.2. The summed E-state index contributed by atoms with van der Waals surface area (Å²) in [5, 5.41) is 8.56. The normalized spacial score (nSPS) is 11.9. The molecule has 0 radical (unpaired) electrons. The minimum atomic E-state index is -0.0254. The molecule has 0 saturated heterocycles. The summed E-state index contributed by atoms with van der Waals surface area (Å²) in [6.07, 6.45) is 0.790. The van der Waals surface area contributed by atoms with Crippen molar-refractivity contribution in [3.8, 4) is 0 Å². The predicted octanol–water partition coefficient (Wildman–Crippen LogP) is 0.0169. The van der Waals surface area contributed by atoms with Crippen LogP contribution in [-0.4, -0.2) is 37.5 Å². The third-order valence-corrected chi connectivity index (χ3v) is 2.09. The van der Waals surface area contributed by atoms with Crippen molar-refractivity contribution in [2.75, 3.05) is 19.6 Å². The van der Waals surface area contributed by atoms with E-state index in [1.807, 2.05) is 20.8 Å². The van der Waals surface area contributed by atoms with Crippen molar-refractivity contribution in [1.29, 1.82) is 0 Å². The van der Waals surface area contributed by atoms with Crippen molar-refractivity contribution in [2.24, 2.45) is 0 Å². The number of hydrogen-bond donors (Lipinski definition) is 3. The molecular weight excluding hydrogens is 206 g/mol. The Hall–Kier alpha value is -1.10. The Kier molecular flexibility index (Phi) is 8.52. The van der Waals surface area contributed by atoms with Gasteiger partial charge in [-0.1, -0.05) is 6.92 Å². The van der Waals surface area contributed by atoms with E-state index in [0.29, 0.717) is 25.9 Å². The van der Waals surface area contributed by atoms with Crippen molar-refractivity contribution in [1.82, 2.24) is 16.0 Å². The molecule has 1 atom stereocenters. The molecule has 2 amide bonds. The summed E-state index contributed by atoms with van der Waals surface area (Å²) in [6, 6.07) is 0.175. The number of nitrogens with one attached hydrogen (secondary N) is 3. The molecule has 0 spiro atoms. The second-order valence-corrected chi connectivity index (χ2v) is 3.72. The Morgan fingerprint density at radius 1 is 1.06 bits per heavy atom. The molecule has 5 heteroatoms. The first-order chi connectivity index (χ1) is 7.60. The molecule has 0 aliphatic rings. The van der Waals surface area contributed by atoms with E-state index in [2.05, 4.69) is 16.0 Å². The first kappa shape index (κ1) is 14.9. The van der Waals surface area contributed by atoms with Gasteiger partial charge >= 0.3 is 0 Å². The van der Waals surface area contributed by atoms with Crippen LogP contribution in [0.15, 0.2) is 0 Å². The Bertz CT molecular complexity index is 219. The van der Waals surface area contributed by atoms with E-state index in [0.717, 1.165) is 6.54 Å². The lowest BCUT2D eigenvalue weighted by Gasteiger charge is -2.11. The first-order valence-electron chi connectivity index (χ1n) is 5.86. The highest BCUT2D eigenvalue weighted by Crippen LogP contribution is 1.90. The fraction of sp³-hybridized carbons (Fsp3) is 0.818. The molecule has 0 saturated carbocycles. The SMILES string of the molecule is CCNC(=O)CCNC(=O)CC(C)NCC. The van der Waals surface area contributed by atoms with Crippen LogP contribution in [0.2, 0.25) is 0 Å². The minimum Gasteiger partial charge on any atom is -0.356 e. The number of carbonyl (C=O) groups excluding carboxylic acids is 2. The number of rotatable bonds is 8. The average Bonchev–Trinajstić information content (AvgIpc) is 2.18. The Labute approximate surface area is 97.4 Å². The summed E-state index contributed by atoms with van der Waals surface area (Å²) in [5.74, 6) is -0.0414. The molecule has 16 heavy (non-hydrogen) atoms. The van der Waals surface area contributed by atoms with Gasteiger partial charge in [0.1, 0.15) is 0 Å². The summed E-state index contributed by atoms with van der Waals surface area (Å²) < 4.78 is 0. The minimum absolute atomic E-state index is 0.0160. The van der Waals surface area contributed by atoms with Crippen LogP contribution in [0.5, 0.6) is 0 Å². The molecule has 0 fully saturated rings. The largest absolute Gasteiger partial charge is 0.356 e. The zero-order valence-electron chi connectivity index (χ0n) is 10.4. The third kappa shape index (κ3) is 8.23. The molecule has 5 nitrogen and oxygen atoms in total. The molecule has 0 rings (SSSR count). The average molecular weight is 229 g/mol. The molecule has 94 valence electrons. The van der Waals surface area contributed by atoms with Crippen molar-refractivity contribution >= 4 is 11.8 Å². The van der Waals surface area contributed by atoms with Crippen LogP contribution in [0.3, 0.4) is 0 Å². The number of carbonyl (C=O) groups is 2. The number of hydrogen-bond acceptors (Lipinski definition) is 3. The molecule has 0 aliphatic carbocycles. The smallest absolute Gasteiger partial charge is 0.221 e. The van der Waals surface area contributed by atoms with E-state index >= 15 is 0 Å². The Morgan fingerprint density at radius 2 is 1.75 bits per heavy atom. The third-order valence-electron chi connectivity index (χ3n) is 2.09. The van der Waals surface area contributed by atoms with Crippen molar-refractivity contribution in [2.45, 2.75) is 39.7 Å². The van der Waals surface area contributed by atoms with E-state index in [4.69, 9.17) is 0 Å². The first-order valence-corrected chi connectivity index (χ1v) is 5.86. The molecule has 0 bridgehead atoms. The van der Waals surface area contributed by atoms with Crippen molar-refractivity contribution in [3.63, 3.8) is 0 Å². The highest BCUT2D eigenvalue weighted by molar-refractivity contribution is 5.79. The number of amides is 2. The van der Waals surface area contributed by atoms with Crippen molar-refractivity contribution in [3.05, 3.63) is 0 Å². The lowest BCUT2D eigenvalue weighted by molar-refractivity contribution is -0.122. The monoisotopic (exact) mass is 229 g/mol. The van der Waals surface area contributed by atoms with Gasteiger partial charge in [0.25, 0.3) is 0 Å². The Balaban J connectivity index is 3.54. The van der Waals surface area contributed by atoms with Gasteiger partial charge in [-0.15, -0.1) is 0 Å². The van der Waals surface area contributed by atoms with Crippen LogP contribution in [0.25, 0.3) is 0 Å². The van der Waals surface area contributed by atoms with Gasteiger partial charge < -0.3 is 16.0 Å². The maximum absolute atomic E-state index is 11.4. The van der Waals surface area contributed by atoms with E-state index < -0.39 is 0 Å². The van der Waals surface area contributed by atoms with Crippen LogP contribution < -0.4 is 16.0 Å². The van der Waals surface area contributed by atoms with Crippen LogP contribution >= 0.6 is 0 Å². The Morgan fingerprint density at radius 3 is 2.31 bits per heavy atom. The van der Waals surface area contributed by atoms with Gasteiger partial charge in [0, 0.05) is 32.0 Å². The van der Waals surface area contributed by atoms with Gasteiger partial charge in [0.2, 0.25) is 11.8 Å². The zero-order chi connectivity index (χ0) is 12.4. The highest BCUT2D eigenvalue weighted by Gasteiger charge is 2.07. The fourth-order valence-corrected chi connectivity index (χ4v) is 1.37. The fourth-order valence-electron chi connectivity index (χ4n) is 1.37. The topological polar surface area (TPSA) is 70.2 Å². The van der Waals surface area contributed by atoms with E-state index in [9.17, 15) is 9.59 Å². The maximum atomic E-state index is 11.4. The van der Waals surface area contributed by atoms with Gasteiger partial charge in [-0.2, -0.15) is 0 Å². The molecule has 0 aromatic carbocycles. The predicted molar refractivity (Wildman–Crippen MR) is 64.1 cm³/mol. The van der Waals surface area contributed by atoms with Crippen LogP contribution in [0.4, 0.5) is 0 Å². The van der Waals surface area contributed by atoms with Gasteiger partial charge in [0.15, 0.2) is 0 Å². The molecule has 0 aliphatic heterocycles. The van der Waals surface area contributed by atoms with E-state index in [1.54, 1.807) is 0 Å². The molecular formula is C11H23N3O2. The van der Waals surface area contributed by atoms with Gasteiger partial charge in [-0.05, 0) is 20.4 Å². The van der Waals surface area contributed by atoms with Crippen LogP contribution in [0, 0.1) is 0 Å². The summed E-state index contributed by atoms with van der Waals surface area (Å²) in [7, 11) is 0. The second-order valence-electron chi connectivity index (χ2n) is 3.72. The highest BCUT2D eigenvalue weighted by atomic mass is 16.2. The zero-order valence-corrected chi connectivity index (χ0v) is 10.4. The molecule has 3 N–H and O–H groups in total. The quantitative estimate of drug-likeness (QED) is 0.549. The summed E-state index contributed by atoms with van der Waals surface area (Å²) in [4.78, 5) is 22.5. The van der Waals surface area contributed by atoms with Gasteiger partial charge in [0.05, 0.1) is 0 Å². The van der Waals surface area contributed by atoms with Gasteiger partial charge in [-0.3, -0.25) is 9.59 Å². The summed E-state index contributed by atoms with van der Waals surface area (Å²) in [6.45, 7) is 7.73. The molecule has 0 heterocycles. The second kappa shape index (κ2) is 9.15. The maximum Gasteiger partial charge on any atom is 0.221 e. The van der Waals surface area contributed by atoms with Crippen LogP contribution in [0.1, 0.15) is 33.6 Å². The van der Waals surface area contributed by atoms with E-state index in [-0.39, 0.29) is 17.9 Å². The van der Waals surface area contributed by atoms with Crippen LogP contribution in [-0.2, 0) is 9.59 Å². The van der Waals surface area contributed by atoms with Crippen molar-refractivity contribution < 1.29 is 9.59 Å². The molecule has 0 aromatic rings. The molecule has 0 aromatic heterocycles. The summed E-state index contributed by atoms with van der Waals surface area (Å²) >= 11 is 0. The molecule has 1 unspecified atom stereocenters.